The van der Waals surface area contributed by atoms with Gasteiger partial charge in [0.1, 0.15) is 0 Å². The van der Waals surface area contributed by atoms with Gasteiger partial charge in [0.05, 0.1) is 0 Å². The van der Waals surface area contributed by atoms with Gasteiger partial charge in [-0.2, -0.15) is 0 Å². The summed E-state index contributed by atoms with van der Waals surface area (Å²) in [5.41, 5.74) is 5.80. The quantitative estimate of drug-likeness (QED) is 0.581. The van der Waals surface area contributed by atoms with Crippen LogP contribution in [0.2, 0.25) is 0 Å². The smallest absolute Gasteiger partial charge is 0.0140 e. The van der Waals surface area contributed by atoms with E-state index >= 15 is 0 Å². The van der Waals surface area contributed by atoms with Crippen molar-refractivity contribution < 1.29 is 0 Å². The van der Waals surface area contributed by atoms with E-state index in [1.807, 2.05) is 0 Å². The molecule has 23 heavy (non-hydrogen) atoms. The van der Waals surface area contributed by atoms with E-state index in [4.69, 9.17) is 0 Å². The normalized spacial score (nSPS) is 20.0. The predicted octanol–water partition coefficient (Wildman–Crippen LogP) is 6.86. The molecule has 0 spiro atoms. The molecule has 2 saturated carbocycles. The van der Waals surface area contributed by atoms with Crippen LogP contribution in [0.15, 0.2) is 42.5 Å². The molecule has 2 aliphatic carbocycles. The Morgan fingerprint density at radius 2 is 1.35 bits per heavy atom. The third kappa shape index (κ3) is 3.22. The second kappa shape index (κ2) is 6.91. The van der Waals surface area contributed by atoms with Crippen LogP contribution < -0.4 is 0 Å². The standard InChI is InChI=1S/C23H27/c1-2-10-20(11-3-1)22-12-6-7-13-23(22)21-16-14-19(15-17-21)18-8-4-5-9-18/h6-7,13-18,20H,1-5,8-11H2. The summed E-state index contributed by atoms with van der Waals surface area (Å²) in [6, 6.07) is 19.6. The maximum absolute atomic E-state index is 3.57. The molecule has 2 fully saturated rings. The molecular weight excluding hydrogens is 276 g/mol. The summed E-state index contributed by atoms with van der Waals surface area (Å²) < 4.78 is 0. The molecule has 0 bridgehead atoms. The summed E-state index contributed by atoms with van der Waals surface area (Å²) in [5.74, 6) is 1.53. The van der Waals surface area contributed by atoms with Crippen LogP contribution in [0.3, 0.4) is 0 Å². The average Bonchev–Trinajstić information content (AvgIpc) is 3.17. The molecule has 0 aromatic heterocycles. The Kier molecular flexibility index (Phi) is 4.50. The van der Waals surface area contributed by atoms with Gasteiger partial charge in [0.2, 0.25) is 0 Å². The van der Waals surface area contributed by atoms with Gasteiger partial charge >= 0.3 is 0 Å². The average molecular weight is 303 g/mol. The molecule has 0 nitrogen and oxygen atoms in total. The topological polar surface area (TPSA) is 0 Å². The van der Waals surface area contributed by atoms with Crippen LogP contribution in [0.4, 0.5) is 0 Å². The molecule has 0 saturated heterocycles. The van der Waals surface area contributed by atoms with Crippen LogP contribution in [-0.2, 0) is 0 Å². The van der Waals surface area contributed by atoms with Crippen molar-refractivity contribution >= 4 is 0 Å². The van der Waals surface area contributed by atoms with E-state index < -0.39 is 0 Å². The largest absolute Gasteiger partial charge is 0.0610 e. The van der Waals surface area contributed by atoms with Gasteiger partial charge in [-0.25, -0.2) is 0 Å². The summed E-state index contributed by atoms with van der Waals surface area (Å²) in [6.07, 6.45) is 12.4. The van der Waals surface area contributed by atoms with E-state index in [1.165, 1.54) is 74.5 Å². The highest BCUT2D eigenvalue weighted by atomic mass is 14.2. The minimum atomic E-state index is 0.717. The minimum absolute atomic E-state index is 0.717. The van der Waals surface area contributed by atoms with Crippen LogP contribution in [0.5, 0.6) is 0 Å². The lowest BCUT2D eigenvalue weighted by atomic mass is 9.80. The van der Waals surface area contributed by atoms with Crippen LogP contribution in [0, 0.1) is 6.07 Å². The molecule has 2 aliphatic rings. The number of hydrogen-bond acceptors (Lipinski definition) is 0. The van der Waals surface area contributed by atoms with Crippen molar-refractivity contribution in [2.45, 2.75) is 69.6 Å². The molecular formula is C23H27. The fourth-order valence-electron chi connectivity index (χ4n) is 4.62. The first-order valence-corrected chi connectivity index (χ1v) is 9.53. The fraction of sp³-hybridized carbons (Fsp3) is 0.478. The maximum Gasteiger partial charge on any atom is -0.0140 e. The van der Waals surface area contributed by atoms with Crippen LogP contribution in [-0.4, -0.2) is 0 Å². The van der Waals surface area contributed by atoms with Gasteiger partial charge in [-0.1, -0.05) is 74.6 Å². The molecule has 0 atom stereocenters. The van der Waals surface area contributed by atoms with E-state index in [1.54, 1.807) is 5.56 Å². The molecule has 0 heteroatoms. The first kappa shape index (κ1) is 15.0. The molecule has 0 aliphatic heterocycles. The van der Waals surface area contributed by atoms with E-state index in [9.17, 15) is 0 Å². The van der Waals surface area contributed by atoms with Crippen molar-refractivity contribution in [2.24, 2.45) is 0 Å². The van der Waals surface area contributed by atoms with Gasteiger partial charge in [-0.15, -0.1) is 0 Å². The zero-order valence-electron chi connectivity index (χ0n) is 14.1. The van der Waals surface area contributed by atoms with Crippen LogP contribution in [0.1, 0.15) is 80.8 Å². The number of hydrogen-bond donors (Lipinski definition) is 0. The van der Waals surface area contributed by atoms with E-state index in [0.29, 0.717) is 0 Å². The summed E-state index contributed by atoms with van der Waals surface area (Å²) in [6.45, 7) is 0. The van der Waals surface area contributed by atoms with Crippen molar-refractivity contribution in [3.05, 3.63) is 59.7 Å². The van der Waals surface area contributed by atoms with Crippen molar-refractivity contribution in [3.8, 4) is 11.1 Å². The lowest BCUT2D eigenvalue weighted by Gasteiger charge is -2.24. The third-order valence-corrected chi connectivity index (χ3v) is 5.95. The highest BCUT2D eigenvalue weighted by molar-refractivity contribution is 5.68. The van der Waals surface area contributed by atoms with Crippen LogP contribution in [0.25, 0.3) is 11.1 Å². The first-order chi connectivity index (χ1) is 11.4. The predicted molar refractivity (Wildman–Crippen MR) is 97.7 cm³/mol. The Balaban J connectivity index is 1.62. The van der Waals surface area contributed by atoms with Gasteiger partial charge in [0.25, 0.3) is 0 Å². The molecule has 0 N–H and O–H groups in total. The minimum Gasteiger partial charge on any atom is -0.0610 e. The van der Waals surface area contributed by atoms with E-state index in [-0.39, 0.29) is 0 Å². The van der Waals surface area contributed by atoms with Gasteiger partial charge in [-0.3, -0.25) is 0 Å². The zero-order chi connectivity index (χ0) is 15.5. The molecule has 0 unspecified atom stereocenters. The molecule has 0 amide bonds. The lowest BCUT2D eigenvalue weighted by molar-refractivity contribution is 0.444. The zero-order valence-corrected chi connectivity index (χ0v) is 14.1. The van der Waals surface area contributed by atoms with Gasteiger partial charge < -0.3 is 0 Å². The van der Waals surface area contributed by atoms with Gasteiger partial charge in [-0.05, 0) is 65.8 Å². The second-order valence-electron chi connectivity index (χ2n) is 7.44. The summed E-state index contributed by atoms with van der Waals surface area (Å²) in [7, 11) is 0. The van der Waals surface area contributed by atoms with Crippen molar-refractivity contribution in [1.29, 1.82) is 0 Å². The first-order valence-electron chi connectivity index (χ1n) is 9.53. The molecule has 119 valence electrons. The molecule has 2 aromatic rings. The van der Waals surface area contributed by atoms with Crippen molar-refractivity contribution in [2.75, 3.05) is 0 Å². The summed E-state index contributed by atoms with van der Waals surface area (Å²) in [5, 5.41) is 0. The number of rotatable bonds is 3. The summed E-state index contributed by atoms with van der Waals surface area (Å²) in [4.78, 5) is 0. The third-order valence-electron chi connectivity index (χ3n) is 5.95. The highest BCUT2D eigenvalue weighted by Gasteiger charge is 2.20. The molecule has 4 rings (SSSR count). The van der Waals surface area contributed by atoms with E-state index in [2.05, 4.69) is 48.5 Å². The Morgan fingerprint density at radius 1 is 0.696 bits per heavy atom. The Hall–Kier alpha value is -1.56. The fourth-order valence-corrected chi connectivity index (χ4v) is 4.62. The second-order valence-corrected chi connectivity index (χ2v) is 7.44. The molecule has 2 aromatic carbocycles. The lowest BCUT2D eigenvalue weighted by Crippen LogP contribution is -2.06. The molecule has 1 radical (unpaired) electrons. The van der Waals surface area contributed by atoms with Crippen molar-refractivity contribution in [1.82, 2.24) is 0 Å². The number of benzene rings is 2. The SMILES string of the molecule is [c]1cccc(-c2ccc(C3CCCC3)cc2)c1C1CCCCC1. The van der Waals surface area contributed by atoms with Gasteiger partial charge in [0, 0.05) is 0 Å². The van der Waals surface area contributed by atoms with Gasteiger partial charge in [0.15, 0.2) is 0 Å². The Bertz CT molecular complexity index is 625. The molecule has 0 heterocycles. The van der Waals surface area contributed by atoms with E-state index in [0.717, 1.165) is 11.8 Å². The maximum atomic E-state index is 3.57. The monoisotopic (exact) mass is 303 g/mol. The highest BCUT2D eigenvalue weighted by Crippen LogP contribution is 2.39. The van der Waals surface area contributed by atoms with Crippen molar-refractivity contribution in [3.63, 3.8) is 0 Å². The van der Waals surface area contributed by atoms with Crippen LogP contribution >= 0.6 is 0 Å². The Labute approximate surface area is 140 Å². The Morgan fingerprint density at radius 3 is 2.09 bits per heavy atom. The summed E-state index contributed by atoms with van der Waals surface area (Å²) >= 11 is 0.